The summed E-state index contributed by atoms with van der Waals surface area (Å²) in [6.45, 7) is 0.406. The Labute approximate surface area is 59.1 Å². The minimum absolute atomic E-state index is 0.406. The van der Waals surface area contributed by atoms with E-state index >= 15 is 0 Å². The van der Waals surface area contributed by atoms with E-state index in [2.05, 4.69) is 4.74 Å². The van der Waals surface area contributed by atoms with Gasteiger partial charge in [-0.15, -0.1) is 11.6 Å². The standard InChI is InChI=1S/C5H10ClNO2/c1-9-5(8)4(6)2-3-7/h4H,2-3,7H2,1H3. The largest absolute Gasteiger partial charge is 0.468 e. The van der Waals surface area contributed by atoms with E-state index in [4.69, 9.17) is 17.3 Å². The second kappa shape index (κ2) is 4.58. The first-order valence-corrected chi connectivity index (χ1v) is 3.08. The van der Waals surface area contributed by atoms with E-state index in [0.29, 0.717) is 13.0 Å². The van der Waals surface area contributed by atoms with Crippen molar-refractivity contribution in [1.29, 1.82) is 0 Å². The van der Waals surface area contributed by atoms with Gasteiger partial charge in [0.25, 0.3) is 0 Å². The van der Waals surface area contributed by atoms with Gasteiger partial charge in [-0.05, 0) is 13.0 Å². The third kappa shape index (κ3) is 3.32. The molecule has 0 spiro atoms. The number of rotatable bonds is 3. The maximum absolute atomic E-state index is 10.5. The number of carbonyl (C=O) groups excluding carboxylic acids is 1. The molecule has 0 rings (SSSR count). The number of halogens is 1. The summed E-state index contributed by atoms with van der Waals surface area (Å²) in [5.74, 6) is -0.415. The van der Waals surface area contributed by atoms with E-state index in [9.17, 15) is 4.79 Å². The summed E-state index contributed by atoms with van der Waals surface area (Å²) in [5, 5.41) is -0.583. The van der Waals surface area contributed by atoms with Crippen LogP contribution in [0.3, 0.4) is 0 Å². The van der Waals surface area contributed by atoms with Crippen molar-refractivity contribution >= 4 is 17.6 Å². The van der Waals surface area contributed by atoms with Crippen molar-refractivity contribution in [2.24, 2.45) is 5.73 Å². The van der Waals surface area contributed by atoms with E-state index in [-0.39, 0.29) is 0 Å². The van der Waals surface area contributed by atoms with Gasteiger partial charge in [0.05, 0.1) is 7.11 Å². The Bertz CT molecular complexity index is 97.0. The number of hydrogen-bond donors (Lipinski definition) is 1. The summed E-state index contributed by atoms with van der Waals surface area (Å²) in [5.41, 5.74) is 5.13. The van der Waals surface area contributed by atoms with E-state index in [1.807, 2.05) is 0 Å². The van der Waals surface area contributed by atoms with Crippen molar-refractivity contribution < 1.29 is 9.53 Å². The number of carbonyl (C=O) groups is 1. The third-order valence-corrected chi connectivity index (χ3v) is 1.27. The highest BCUT2D eigenvalue weighted by atomic mass is 35.5. The van der Waals surface area contributed by atoms with Crippen LogP contribution < -0.4 is 5.73 Å². The van der Waals surface area contributed by atoms with Gasteiger partial charge < -0.3 is 10.5 Å². The topological polar surface area (TPSA) is 52.3 Å². The second-order valence-corrected chi connectivity index (χ2v) is 2.09. The zero-order chi connectivity index (χ0) is 7.28. The van der Waals surface area contributed by atoms with E-state index in [1.54, 1.807) is 0 Å². The van der Waals surface area contributed by atoms with Crippen LogP contribution in [0.4, 0.5) is 0 Å². The first kappa shape index (κ1) is 8.72. The summed E-state index contributed by atoms with van der Waals surface area (Å²) >= 11 is 5.48. The number of ether oxygens (including phenoxy) is 1. The highest BCUT2D eigenvalue weighted by Crippen LogP contribution is 2.01. The predicted molar refractivity (Wildman–Crippen MR) is 35.3 cm³/mol. The average Bonchev–Trinajstić information content (AvgIpc) is 1.87. The fourth-order valence-electron chi connectivity index (χ4n) is 0.392. The first-order valence-electron chi connectivity index (χ1n) is 2.64. The van der Waals surface area contributed by atoms with Crippen LogP contribution in [0.15, 0.2) is 0 Å². The molecule has 1 atom stereocenters. The Morgan fingerprint density at radius 2 is 2.44 bits per heavy atom. The maximum atomic E-state index is 10.5. The molecule has 0 aromatic rings. The number of hydrogen-bond acceptors (Lipinski definition) is 3. The van der Waals surface area contributed by atoms with Gasteiger partial charge in [0, 0.05) is 0 Å². The van der Waals surface area contributed by atoms with Crippen LogP contribution in [0, 0.1) is 0 Å². The predicted octanol–water partition coefficient (Wildman–Crippen LogP) is 0.116. The maximum Gasteiger partial charge on any atom is 0.323 e. The van der Waals surface area contributed by atoms with Crippen LogP contribution >= 0.6 is 11.6 Å². The van der Waals surface area contributed by atoms with E-state index in [1.165, 1.54) is 7.11 Å². The molecule has 0 fully saturated rings. The van der Waals surface area contributed by atoms with Crippen LogP contribution in [-0.2, 0) is 9.53 Å². The first-order chi connectivity index (χ1) is 4.22. The lowest BCUT2D eigenvalue weighted by atomic mass is 10.3. The summed E-state index contributed by atoms with van der Waals surface area (Å²) in [4.78, 5) is 10.5. The van der Waals surface area contributed by atoms with Crippen molar-refractivity contribution in [3.63, 3.8) is 0 Å². The van der Waals surface area contributed by atoms with Crippen LogP contribution in [0.25, 0.3) is 0 Å². The molecule has 0 aliphatic heterocycles. The van der Waals surface area contributed by atoms with Gasteiger partial charge in [-0.1, -0.05) is 0 Å². The molecule has 54 valence electrons. The van der Waals surface area contributed by atoms with Crippen molar-refractivity contribution in [1.82, 2.24) is 0 Å². The van der Waals surface area contributed by atoms with E-state index in [0.717, 1.165) is 0 Å². The van der Waals surface area contributed by atoms with Gasteiger partial charge in [-0.25, -0.2) is 0 Å². The molecule has 3 nitrogen and oxygen atoms in total. The number of esters is 1. The zero-order valence-corrected chi connectivity index (χ0v) is 6.02. The zero-order valence-electron chi connectivity index (χ0n) is 5.26. The lowest BCUT2D eigenvalue weighted by Gasteiger charge is -2.02. The summed E-state index contributed by atoms with van der Waals surface area (Å²) in [6.07, 6.45) is 0.466. The van der Waals surface area contributed by atoms with Crippen molar-refractivity contribution in [3.8, 4) is 0 Å². The molecular weight excluding hydrogens is 142 g/mol. The molecule has 0 aromatic heterocycles. The average molecular weight is 152 g/mol. The van der Waals surface area contributed by atoms with Crippen LogP contribution in [0.2, 0.25) is 0 Å². The molecule has 0 heterocycles. The normalized spacial score (nSPS) is 12.8. The quantitative estimate of drug-likeness (QED) is 0.460. The third-order valence-electron chi connectivity index (χ3n) is 0.877. The number of methoxy groups -OCH3 is 1. The minimum Gasteiger partial charge on any atom is -0.468 e. The van der Waals surface area contributed by atoms with Crippen LogP contribution in [0.5, 0.6) is 0 Å². The van der Waals surface area contributed by atoms with Crippen molar-refractivity contribution in [2.75, 3.05) is 13.7 Å². The minimum atomic E-state index is -0.583. The smallest absolute Gasteiger partial charge is 0.323 e. The summed E-state index contributed by atoms with van der Waals surface area (Å²) in [6, 6.07) is 0. The molecule has 9 heavy (non-hydrogen) atoms. The Morgan fingerprint density at radius 1 is 1.89 bits per heavy atom. The summed E-state index contributed by atoms with van der Waals surface area (Å²) < 4.78 is 4.34. The van der Waals surface area contributed by atoms with Crippen LogP contribution in [-0.4, -0.2) is 25.0 Å². The molecule has 0 saturated carbocycles. The van der Waals surface area contributed by atoms with Crippen LogP contribution in [0.1, 0.15) is 6.42 Å². The molecule has 0 aromatic carbocycles. The fraction of sp³-hybridized carbons (Fsp3) is 0.800. The number of alkyl halides is 1. The Hall–Kier alpha value is -0.280. The molecule has 1 unspecified atom stereocenters. The highest BCUT2D eigenvalue weighted by molar-refractivity contribution is 6.29. The summed E-state index contributed by atoms with van der Waals surface area (Å²) in [7, 11) is 1.30. The van der Waals surface area contributed by atoms with Gasteiger partial charge in [-0.2, -0.15) is 0 Å². The SMILES string of the molecule is COC(=O)C(Cl)CCN. The molecule has 0 bridgehead atoms. The molecular formula is C5H10ClNO2. The lowest BCUT2D eigenvalue weighted by Crippen LogP contribution is -2.19. The molecule has 0 radical (unpaired) electrons. The molecule has 0 aliphatic rings. The Kier molecular flexibility index (Phi) is 4.44. The van der Waals surface area contributed by atoms with Gasteiger partial charge >= 0.3 is 5.97 Å². The van der Waals surface area contributed by atoms with E-state index < -0.39 is 11.3 Å². The number of nitrogens with two attached hydrogens (primary N) is 1. The Morgan fingerprint density at radius 3 is 2.78 bits per heavy atom. The Balaban J connectivity index is 3.45. The second-order valence-electron chi connectivity index (χ2n) is 1.57. The molecule has 2 N–H and O–H groups in total. The molecule has 0 aliphatic carbocycles. The molecule has 0 saturated heterocycles. The molecule has 0 amide bonds. The van der Waals surface area contributed by atoms with Gasteiger partial charge in [-0.3, -0.25) is 4.79 Å². The van der Waals surface area contributed by atoms with Crippen molar-refractivity contribution in [2.45, 2.75) is 11.8 Å². The fourth-order valence-corrected chi connectivity index (χ4v) is 0.607. The highest BCUT2D eigenvalue weighted by Gasteiger charge is 2.13. The van der Waals surface area contributed by atoms with Gasteiger partial charge in [0.2, 0.25) is 0 Å². The molecule has 4 heteroatoms. The van der Waals surface area contributed by atoms with Gasteiger partial charge in [0.1, 0.15) is 5.38 Å². The van der Waals surface area contributed by atoms with Gasteiger partial charge in [0.15, 0.2) is 0 Å². The lowest BCUT2D eigenvalue weighted by molar-refractivity contribution is -0.140. The monoisotopic (exact) mass is 151 g/mol. The van der Waals surface area contributed by atoms with Crippen molar-refractivity contribution in [3.05, 3.63) is 0 Å².